The van der Waals surface area contributed by atoms with Gasteiger partial charge in [0, 0.05) is 12.8 Å². The highest BCUT2D eigenvalue weighted by molar-refractivity contribution is 7.92. The van der Waals surface area contributed by atoms with Gasteiger partial charge in [-0.1, -0.05) is 26.2 Å². The van der Waals surface area contributed by atoms with Crippen molar-refractivity contribution in [2.45, 2.75) is 87.2 Å². The molecule has 2 aliphatic rings. The van der Waals surface area contributed by atoms with Gasteiger partial charge in [-0.05, 0) is 32.1 Å². The quantitative estimate of drug-likeness (QED) is 0.641. The monoisotopic (exact) mass is 298 g/mol. The summed E-state index contributed by atoms with van der Waals surface area (Å²) in [4.78, 5) is 0. The van der Waals surface area contributed by atoms with Crippen LogP contribution in [0.15, 0.2) is 0 Å². The van der Waals surface area contributed by atoms with Gasteiger partial charge in [-0.25, -0.2) is 8.42 Å². The van der Waals surface area contributed by atoms with Gasteiger partial charge < -0.3 is 5.11 Å². The van der Waals surface area contributed by atoms with E-state index in [0.29, 0.717) is 32.1 Å². The van der Waals surface area contributed by atoms with E-state index in [1.54, 1.807) is 0 Å². The second-order valence-electron chi connectivity index (χ2n) is 6.38. The maximum atomic E-state index is 12.2. The lowest BCUT2D eigenvalue weighted by Gasteiger charge is -2.43. The molecule has 114 valence electrons. The molecular formula is C16H26O3S. The van der Waals surface area contributed by atoms with Gasteiger partial charge in [-0.15, -0.1) is 11.8 Å². The van der Waals surface area contributed by atoms with E-state index >= 15 is 0 Å². The maximum Gasteiger partial charge on any atom is 0.156 e. The molecule has 0 radical (unpaired) electrons. The Morgan fingerprint density at radius 3 is 2.40 bits per heavy atom. The number of hydrogen-bond acceptors (Lipinski definition) is 3. The average molecular weight is 298 g/mol. The van der Waals surface area contributed by atoms with Crippen LogP contribution < -0.4 is 0 Å². The summed E-state index contributed by atoms with van der Waals surface area (Å²) in [7, 11) is -2.99. The number of unbranched alkanes of at least 4 members (excludes halogenated alkanes) is 3. The van der Waals surface area contributed by atoms with Crippen LogP contribution in [-0.4, -0.2) is 29.6 Å². The first-order valence-corrected chi connectivity index (χ1v) is 9.50. The summed E-state index contributed by atoms with van der Waals surface area (Å²) in [5.74, 6) is 6.20. The van der Waals surface area contributed by atoms with Gasteiger partial charge in [-0.2, -0.15) is 0 Å². The van der Waals surface area contributed by atoms with Crippen LogP contribution in [0.5, 0.6) is 0 Å². The molecule has 1 N–H and O–H groups in total. The van der Waals surface area contributed by atoms with Crippen molar-refractivity contribution < 1.29 is 13.5 Å². The fourth-order valence-electron chi connectivity index (χ4n) is 3.46. The Morgan fingerprint density at radius 1 is 1.15 bits per heavy atom. The summed E-state index contributed by atoms with van der Waals surface area (Å²) in [6.07, 6.45) is 7.99. The van der Waals surface area contributed by atoms with Gasteiger partial charge in [0.15, 0.2) is 9.84 Å². The third-order valence-electron chi connectivity index (χ3n) is 4.64. The van der Waals surface area contributed by atoms with Crippen LogP contribution in [0.2, 0.25) is 0 Å². The van der Waals surface area contributed by atoms with E-state index in [-0.39, 0.29) is 10.5 Å². The topological polar surface area (TPSA) is 54.4 Å². The molecule has 20 heavy (non-hydrogen) atoms. The fourth-order valence-corrected chi connectivity index (χ4v) is 6.08. The molecule has 0 aromatic rings. The number of rotatable bonds is 4. The van der Waals surface area contributed by atoms with Crippen LogP contribution >= 0.6 is 0 Å². The van der Waals surface area contributed by atoms with Crippen molar-refractivity contribution in [3.63, 3.8) is 0 Å². The molecule has 0 amide bonds. The van der Waals surface area contributed by atoms with Crippen LogP contribution in [0.1, 0.15) is 71.1 Å². The van der Waals surface area contributed by atoms with Gasteiger partial charge in [-0.3, -0.25) is 0 Å². The Labute approximate surface area is 123 Å². The fraction of sp³-hybridized carbons (Fsp3) is 0.875. The molecule has 4 heteroatoms. The van der Waals surface area contributed by atoms with E-state index < -0.39 is 15.4 Å². The predicted molar refractivity (Wildman–Crippen MR) is 81.1 cm³/mol. The molecule has 2 unspecified atom stereocenters. The number of sulfone groups is 1. The van der Waals surface area contributed by atoms with E-state index in [1.165, 1.54) is 12.8 Å². The van der Waals surface area contributed by atoms with Crippen molar-refractivity contribution in [1.29, 1.82) is 0 Å². The zero-order valence-corrected chi connectivity index (χ0v) is 13.2. The van der Waals surface area contributed by atoms with E-state index in [9.17, 15) is 13.5 Å². The van der Waals surface area contributed by atoms with Crippen LogP contribution in [0, 0.1) is 11.8 Å². The van der Waals surface area contributed by atoms with Gasteiger partial charge in [0.25, 0.3) is 0 Å². The molecule has 2 saturated heterocycles. The van der Waals surface area contributed by atoms with Crippen molar-refractivity contribution in [3.8, 4) is 11.8 Å². The molecule has 0 aromatic carbocycles. The van der Waals surface area contributed by atoms with E-state index in [2.05, 4.69) is 18.8 Å². The molecule has 0 saturated carbocycles. The summed E-state index contributed by atoms with van der Waals surface area (Å²) in [5.41, 5.74) is -0.876. The summed E-state index contributed by atoms with van der Waals surface area (Å²) in [6, 6.07) is 0. The first-order chi connectivity index (χ1) is 9.48. The molecule has 0 spiro atoms. The largest absolute Gasteiger partial charge is 0.389 e. The Bertz CT molecular complexity index is 464. The number of aliphatic hydroxyl groups is 1. The van der Waals surface area contributed by atoms with Crippen LogP contribution in [0.4, 0.5) is 0 Å². The minimum atomic E-state index is -2.99. The van der Waals surface area contributed by atoms with Gasteiger partial charge in [0.05, 0.1) is 16.1 Å². The minimum Gasteiger partial charge on any atom is -0.389 e. The first kappa shape index (κ1) is 15.9. The second kappa shape index (κ2) is 6.49. The molecule has 2 bridgehead atoms. The highest BCUT2D eigenvalue weighted by atomic mass is 32.2. The Balaban J connectivity index is 1.92. The van der Waals surface area contributed by atoms with E-state index in [1.807, 2.05) is 0 Å². The number of hydrogen-bond donors (Lipinski definition) is 1. The van der Waals surface area contributed by atoms with Gasteiger partial charge in [0.2, 0.25) is 0 Å². The van der Waals surface area contributed by atoms with Crippen LogP contribution in [0.25, 0.3) is 0 Å². The van der Waals surface area contributed by atoms with Crippen LogP contribution in [0.3, 0.4) is 0 Å². The predicted octanol–water partition coefficient (Wildman–Crippen LogP) is 2.82. The summed E-state index contributed by atoms with van der Waals surface area (Å²) in [6.45, 7) is 2.16. The zero-order valence-electron chi connectivity index (χ0n) is 12.4. The van der Waals surface area contributed by atoms with Crippen molar-refractivity contribution in [2.24, 2.45) is 0 Å². The van der Waals surface area contributed by atoms with Crippen molar-refractivity contribution in [2.75, 3.05) is 0 Å². The Hall–Kier alpha value is -0.530. The Morgan fingerprint density at radius 2 is 1.80 bits per heavy atom. The standard InChI is InChI=1S/C16H26O3S/c1-2-3-4-5-6-7-11-16(17)12-14-9-8-10-15(13-16)20(14,18)19/h14-15,17H,2-5,8-13H2,1H3. The molecular weight excluding hydrogens is 272 g/mol. The lowest BCUT2D eigenvalue weighted by molar-refractivity contribution is 0.0143. The SMILES string of the molecule is CCCCCC#CCC1(O)CC2CCCC(C1)S2(=O)=O. The molecule has 3 nitrogen and oxygen atoms in total. The molecule has 2 atom stereocenters. The minimum absolute atomic E-state index is 0.332. The third kappa shape index (κ3) is 3.56. The summed E-state index contributed by atoms with van der Waals surface area (Å²) in [5, 5.41) is 9.98. The molecule has 0 aliphatic carbocycles. The van der Waals surface area contributed by atoms with Crippen molar-refractivity contribution in [1.82, 2.24) is 0 Å². The van der Waals surface area contributed by atoms with Crippen LogP contribution in [-0.2, 0) is 9.84 Å². The second-order valence-corrected chi connectivity index (χ2v) is 8.90. The molecule has 2 heterocycles. The zero-order chi connectivity index (χ0) is 14.6. The smallest absolute Gasteiger partial charge is 0.156 e. The lowest BCUT2D eigenvalue weighted by atomic mass is 9.83. The summed E-state index contributed by atoms with van der Waals surface area (Å²) >= 11 is 0. The average Bonchev–Trinajstić information content (AvgIpc) is 2.36. The lowest BCUT2D eigenvalue weighted by Crippen LogP contribution is -2.51. The third-order valence-corrected chi connectivity index (χ3v) is 7.31. The van der Waals surface area contributed by atoms with Crippen molar-refractivity contribution >= 4 is 9.84 Å². The highest BCUT2D eigenvalue weighted by Gasteiger charge is 2.49. The molecule has 0 aromatic heterocycles. The maximum absolute atomic E-state index is 12.2. The van der Waals surface area contributed by atoms with E-state index in [4.69, 9.17) is 0 Å². The number of fused-ring (bicyclic) bond motifs is 2. The normalized spacial score (nSPS) is 35.1. The van der Waals surface area contributed by atoms with Gasteiger partial charge in [0.1, 0.15) is 0 Å². The molecule has 2 fully saturated rings. The molecule has 2 rings (SSSR count). The van der Waals surface area contributed by atoms with Gasteiger partial charge >= 0.3 is 0 Å². The highest BCUT2D eigenvalue weighted by Crippen LogP contribution is 2.42. The first-order valence-electron chi connectivity index (χ1n) is 7.89. The molecule has 2 aliphatic heterocycles. The summed E-state index contributed by atoms with van der Waals surface area (Å²) < 4.78 is 24.4. The van der Waals surface area contributed by atoms with E-state index in [0.717, 1.165) is 19.3 Å². The Kier molecular flexibility index (Phi) is 5.14. The van der Waals surface area contributed by atoms with Crippen molar-refractivity contribution in [3.05, 3.63) is 0 Å².